The number of nitrogens with zero attached hydrogens (tertiary/aromatic N) is 5. The van der Waals surface area contributed by atoms with Gasteiger partial charge in [0.2, 0.25) is 0 Å². The first-order valence-corrected chi connectivity index (χ1v) is 8.30. The van der Waals surface area contributed by atoms with E-state index in [9.17, 15) is 0 Å². The Morgan fingerprint density at radius 3 is 2.67 bits per heavy atom. The molecule has 0 fully saturated rings. The van der Waals surface area contributed by atoms with Gasteiger partial charge in [0, 0.05) is 25.5 Å². The highest BCUT2D eigenvalue weighted by molar-refractivity contribution is 5.75. The van der Waals surface area contributed by atoms with E-state index in [-0.39, 0.29) is 0 Å². The Kier molecular flexibility index (Phi) is 3.78. The van der Waals surface area contributed by atoms with E-state index in [0.29, 0.717) is 0 Å². The zero-order chi connectivity index (χ0) is 16.5. The second-order valence-electron chi connectivity index (χ2n) is 6.13. The van der Waals surface area contributed by atoms with Crippen LogP contribution in [0.4, 0.5) is 0 Å². The minimum Gasteiger partial charge on any atom is -0.327 e. The van der Waals surface area contributed by atoms with Gasteiger partial charge in [-0.3, -0.25) is 4.90 Å². The smallest absolute Gasteiger partial charge is 0.137 e. The summed E-state index contributed by atoms with van der Waals surface area (Å²) in [4.78, 5) is 11.7. The monoisotopic (exact) mass is 319 g/mol. The van der Waals surface area contributed by atoms with Crippen LogP contribution < -0.4 is 0 Å². The molecule has 0 aliphatic rings. The summed E-state index contributed by atoms with van der Waals surface area (Å²) in [7, 11) is 2.11. The van der Waals surface area contributed by atoms with Gasteiger partial charge in [-0.15, -0.1) is 0 Å². The summed E-state index contributed by atoms with van der Waals surface area (Å²) in [5.41, 5.74) is 4.33. The van der Waals surface area contributed by atoms with Crippen molar-refractivity contribution in [3.05, 3.63) is 66.4 Å². The Labute approximate surface area is 141 Å². The van der Waals surface area contributed by atoms with Crippen LogP contribution in [-0.4, -0.2) is 30.9 Å². The van der Waals surface area contributed by atoms with E-state index in [0.717, 1.165) is 42.3 Å². The van der Waals surface area contributed by atoms with E-state index in [1.807, 2.05) is 30.5 Å². The van der Waals surface area contributed by atoms with Crippen LogP contribution in [0.25, 0.3) is 16.7 Å². The van der Waals surface area contributed by atoms with Crippen molar-refractivity contribution in [2.24, 2.45) is 0 Å². The Morgan fingerprint density at radius 1 is 1.00 bits per heavy atom. The lowest BCUT2D eigenvalue weighted by atomic mass is 10.3. The van der Waals surface area contributed by atoms with Crippen molar-refractivity contribution in [1.29, 1.82) is 0 Å². The van der Waals surface area contributed by atoms with Gasteiger partial charge >= 0.3 is 0 Å². The Morgan fingerprint density at radius 2 is 1.83 bits per heavy atom. The van der Waals surface area contributed by atoms with Gasteiger partial charge in [0.1, 0.15) is 11.5 Å². The lowest BCUT2D eigenvalue weighted by Gasteiger charge is -2.15. The third kappa shape index (κ3) is 2.67. The minimum absolute atomic E-state index is 0.800. The van der Waals surface area contributed by atoms with Crippen LogP contribution in [0.1, 0.15) is 18.4 Å². The molecule has 4 aromatic rings. The molecule has 3 aromatic heterocycles. The number of fused-ring (bicyclic) bond motifs is 2. The van der Waals surface area contributed by atoms with Crippen LogP contribution in [0, 0.1) is 0 Å². The number of aromatic nitrogens is 4. The third-order valence-electron chi connectivity index (χ3n) is 4.31. The molecule has 5 heteroatoms. The number of hydrogen-bond acceptors (Lipinski definition) is 3. The molecule has 1 aromatic carbocycles. The molecule has 122 valence electrons. The lowest BCUT2D eigenvalue weighted by Crippen LogP contribution is -2.20. The predicted molar refractivity (Wildman–Crippen MR) is 95.8 cm³/mol. The van der Waals surface area contributed by atoms with Gasteiger partial charge in [-0.1, -0.05) is 18.2 Å². The van der Waals surface area contributed by atoms with Gasteiger partial charge in [0.05, 0.1) is 23.3 Å². The van der Waals surface area contributed by atoms with Crippen molar-refractivity contribution in [3.8, 4) is 0 Å². The van der Waals surface area contributed by atoms with E-state index in [1.165, 1.54) is 5.52 Å². The third-order valence-corrected chi connectivity index (χ3v) is 4.31. The molecule has 0 spiro atoms. The number of para-hydroxylation sites is 2. The first-order chi connectivity index (χ1) is 11.7. The maximum absolute atomic E-state index is 4.80. The summed E-state index contributed by atoms with van der Waals surface area (Å²) in [5, 5.41) is 0. The van der Waals surface area contributed by atoms with Crippen LogP contribution >= 0.6 is 0 Å². The molecule has 0 aliphatic heterocycles. The number of imidazole rings is 2. The van der Waals surface area contributed by atoms with Gasteiger partial charge in [-0.2, -0.15) is 0 Å². The zero-order valence-corrected chi connectivity index (χ0v) is 14.1. The lowest BCUT2D eigenvalue weighted by molar-refractivity contribution is 0.303. The quantitative estimate of drug-likeness (QED) is 0.566. The summed E-state index contributed by atoms with van der Waals surface area (Å²) in [6, 6.07) is 14.4. The highest BCUT2D eigenvalue weighted by Crippen LogP contribution is 2.17. The number of aryl methyl sites for hydroxylation is 1. The minimum atomic E-state index is 0.800. The first kappa shape index (κ1) is 14.9. The zero-order valence-electron chi connectivity index (χ0n) is 14.1. The fraction of sp³-hybridized carbons (Fsp3) is 0.263. The molecule has 0 atom stereocenters. The maximum Gasteiger partial charge on any atom is 0.137 e. The van der Waals surface area contributed by atoms with Crippen molar-refractivity contribution >= 4 is 16.7 Å². The van der Waals surface area contributed by atoms with Gasteiger partial charge in [0.15, 0.2) is 0 Å². The predicted octanol–water partition coefficient (Wildman–Crippen LogP) is 3.34. The Bertz CT molecular complexity index is 949. The molecule has 3 heterocycles. The number of pyridine rings is 1. The van der Waals surface area contributed by atoms with Crippen LogP contribution in [-0.2, 0) is 19.6 Å². The molecular weight excluding hydrogens is 298 g/mol. The van der Waals surface area contributed by atoms with Crippen molar-refractivity contribution in [2.45, 2.75) is 26.6 Å². The molecule has 4 rings (SSSR count). The van der Waals surface area contributed by atoms with Crippen LogP contribution in [0.5, 0.6) is 0 Å². The summed E-state index contributed by atoms with van der Waals surface area (Å²) in [5.74, 6) is 1.10. The Balaban J connectivity index is 1.56. The molecule has 24 heavy (non-hydrogen) atoms. The van der Waals surface area contributed by atoms with E-state index in [2.05, 4.69) is 57.2 Å². The molecule has 0 radical (unpaired) electrons. The summed E-state index contributed by atoms with van der Waals surface area (Å²) in [6.07, 6.45) is 4.12. The standard InChI is InChI=1S/C19H21N5/c1-3-24-17-9-5-4-8-16(17)21-19(24)14-22(2)12-15-13-23-11-7-6-10-18(23)20-15/h4-11,13H,3,12,14H2,1-2H3. The van der Waals surface area contributed by atoms with Gasteiger partial charge in [-0.25, -0.2) is 9.97 Å². The molecule has 0 saturated carbocycles. The fourth-order valence-electron chi connectivity index (χ4n) is 3.24. The van der Waals surface area contributed by atoms with E-state index < -0.39 is 0 Å². The number of rotatable bonds is 5. The number of benzene rings is 1. The van der Waals surface area contributed by atoms with E-state index >= 15 is 0 Å². The van der Waals surface area contributed by atoms with Crippen molar-refractivity contribution in [2.75, 3.05) is 7.05 Å². The molecular formula is C19H21N5. The fourth-order valence-corrected chi connectivity index (χ4v) is 3.24. The second-order valence-corrected chi connectivity index (χ2v) is 6.13. The summed E-state index contributed by atoms with van der Waals surface area (Å²) >= 11 is 0. The molecule has 0 N–H and O–H groups in total. The molecule has 0 saturated heterocycles. The van der Waals surface area contributed by atoms with Gasteiger partial charge in [0.25, 0.3) is 0 Å². The van der Waals surface area contributed by atoms with Crippen LogP contribution in [0.15, 0.2) is 54.9 Å². The highest BCUT2D eigenvalue weighted by Gasteiger charge is 2.12. The maximum atomic E-state index is 4.80. The van der Waals surface area contributed by atoms with Crippen LogP contribution in [0.3, 0.4) is 0 Å². The molecule has 5 nitrogen and oxygen atoms in total. The van der Waals surface area contributed by atoms with Crippen LogP contribution in [0.2, 0.25) is 0 Å². The topological polar surface area (TPSA) is 38.4 Å². The number of hydrogen-bond donors (Lipinski definition) is 0. The Hall–Kier alpha value is -2.66. The largest absolute Gasteiger partial charge is 0.327 e. The first-order valence-electron chi connectivity index (χ1n) is 8.30. The molecule has 0 aliphatic carbocycles. The van der Waals surface area contributed by atoms with E-state index in [1.54, 1.807) is 0 Å². The normalized spacial score (nSPS) is 11.8. The molecule has 0 bridgehead atoms. The average molecular weight is 319 g/mol. The van der Waals surface area contributed by atoms with Gasteiger partial charge in [-0.05, 0) is 38.2 Å². The SMILES string of the molecule is CCn1c(CN(C)Cc2cn3ccccc3n2)nc2ccccc21. The van der Waals surface area contributed by atoms with Gasteiger partial charge < -0.3 is 8.97 Å². The van der Waals surface area contributed by atoms with Crippen molar-refractivity contribution < 1.29 is 0 Å². The second kappa shape index (κ2) is 6.09. The summed E-state index contributed by atoms with van der Waals surface area (Å²) < 4.78 is 4.35. The summed E-state index contributed by atoms with van der Waals surface area (Å²) in [6.45, 7) is 4.70. The van der Waals surface area contributed by atoms with Crippen molar-refractivity contribution in [3.63, 3.8) is 0 Å². The van der Waals surface area contributed by atoms with E-state index in [4.69, 9.17) is 4.98 Å². The molecule has 0 amide bonds. The van der Waals surface area contributed by atoms with Crippen molar-refractivity contribution in [1.82, 2.24) is 23.8 Å². The average Bonchev–Trinajstić information content (AvgIpc) is 3.14. The molecule has 0 unspecified atom stereocenters. The highest BCUT2D eigenvalue weighted by atomic mass is 15.2.